The van der Waals surface area contributed by atoms with Crippen LogP contribution in [0.15, 0.2) is 45.6 Å². The van der Waals surface area contributed by atoms with E-state index in [1.807, 2.05) is 0 Å². The fourth-order valence-electron chi connectivity index (χ4n) is 3.22. The molecule has 1 aliphatic heterocycles. The second-order valence-electron chi connectivity index (χ2n) is 6.82. The highest BCUT2D eigenvalue weighted by Gasteiger charge is 2.27. The van der Waals surface area contributed by atoms with Gasteiger partial charge in [0.05, 0.1) is 5.02 Å². The highest BCUT2D eigenvalue weighted by Crippen LogP contribution is 2.35. The molecule has 2 aromatic carbocycles. The van der Waals surface area contributed by atoms with E-state index in [-0.39, 0.29) is 27.6 Å². The number of likely N-dealkylation sites (tertiary alicyclic amines) is 1. The summed E-state index contributed by atoms with van der Waals surface area (Å²) < 4.78 is 38.8. The van der Waals surface area contributed by atoms with Gasteiger partial charge in [0, 0.05) is 41.7 Å². The fraction of sp³-hybridized carbons (Fsp3) is 0.238. The van der Waals surface area contributed by atoms with Gasteiger partial charge in [-0.05, 0) is 37.6 Å². The number of amides is 1. The van der Waals surface area contributed by atoms with Crippen molar-refractivity contribution in [3.05, 3.63) is 63.5 Å². The first-order valence-electron chi connectivity index (χ1n) is 9.02. The van der Waals surface area contributed by atoms with Gasteiger partial charge >= 0.3 is 5.63 Å². The molecule has 0 spiro atoms. The Kier molecular flexibility index (Phi) is 5.00. The van der Waals surface area contributed by atoms with Gasteiger partial charge in [0.25, 0.3) is 5.91 Å². The molecule has 1 amide bonds. The maximum absolute atomic E-state index is 14.7. The molecule has 3 aromatic rings. The minimum Gasteiger partial charge on any atom is -0.478 e. The summed E-state index contributed by atoms with van der Waals surface area (Å²) >= 11 is 6.11. The largest absolute Gasteiger partial charge is 0.478 e. The van der Waals surface area contributed by atoms with E-state index in [0.29, 0.717) is 24.2 Å². The maximum Gasteiger partial charge on any atom is 0.336 e. The second kappa shape index (κ2) is 7.48. The third kappa shape index (κ3) is 3.70. The van der Waals surface area contributed by atoms with Crippen molar-refractivity contribution < 1.29 is 22.7 Å². The lowest BCUT2D eigenvalue weighted by atomic mass is 10.0. The molecule has 2 heterocycles. The normalized spacial score (nSPS) is 14.6. The predicted octanol–water partition coefficient (Wildman–Crippen LogP) is 4.39. The van der Waals surface area contributed by atoms with Crippen molar-refractivity contribution in [1.29, 1.82) is 0 Å². The summed E-state index contributed by atoms with van der Waals surface area (Å²) in [5.41, 5.74) is 0.0415. The van der Waals surface area contributed by atoms with Crippen molar-refractivity contribution in [3.63, 3.8) is 0 Å². The maximum atomic E-state index is 14.7. The molecule has 150 valence electrons. The summed E-state index contributed by atoms with van der Waals surface area (Å²) in [5, 5.41) is 0.344. The molecule has 1 aromatic heterocycles. The van der Waals surface area contributed by atoms with Gasteiger partial charge in [-0.3, -0.25) is 4.79 Å². The molecule has 4 rings (SSSR count). The number of carbonyl (C=O) groups excluding carboxylic acids is 1. The standard InChI is InChI=1S/C21H16ClF2NO4/c1-11(21(27)25-5-2-6-25)28-19-10-18-15(8-17(19)24)14(9-20(26)29-18)13-4-3-12(23)7-16(13)22/h3-4,7-11H,2,5-6H2,1H3/t11-/m1/s1. The van der Waals surface area contributed by atoms with Gasteiger partial charge < -0.3 is 14.1 Å². The summed E-state index contributed by atoms with van der Waals surface area (Å²) in [4.78, 5) is 25.9. The molecule has 1 aliphatic rings. The molecular formula is C21H16ClF2NO4. The summed E-state index contributed by atoms with van der Waals surface area (Å²) in [6, 6.07) is 7.24. The predicted molar refractivity (Wildman–Crippen MR) is 104 cm³/mol. The Morgan fingerprint density at radius 2 is 1.93 bits per heavy atom. The van der Waals surface area contributed by atoms with E-state index in [0.717, 1.165) is 24.6 Å². The Hall–Kier alpha value is -2.93. The van der Waals surface area contributed by atoms with E-state index in [1.165, 1.54) is 25.1 Å². The number of nitrogens with zero attached hydrogens (tertiary/aromatic N) is 1. The van der Waals surface area contributed by atoms with Crippen LogP contribution in [0.2, 0.25) is 5.02 Å². The van der Waals surface area contributed by atoms with Crippen molar-refractivity contribution in [3.8, 4) is 16.9 Å². The van der Waals surface area contributed by atoms with Crippen LogP contribution in [-0.2, 0) is 4.79 Å². The minimum absolute atomic E-state index is 0.0629. The Labute approximate surface area is 169 Å². The van der Waals surface area contributed by atoms with E-state index in [1.54, 1.807) is 4.90 Å². The Bertz CT molecular complexity index is 1170. The minimum atomic E-state index is -0.885. The molecule has 1 saturated heterocycles. The van der Waals surface area contributed by atoms with Crippen LogP contribution in [0.25, 0.3) is 22.1 Å². The Morgan fingerprint density at radius 3 is 2.59 bits per heavy atom. The van der Waals surface area contributed by atoms with Crippen LogP contribution in [0.3, 0.4) is 0 Å². The topological polar surface area (TPSA) is 59.8 Å². The first kappa shape index (κ1) is 19.4. The quantitative estimate of drug-likeness (QED) is 0.588. The van der Waals surface area contributed by atoms with E-state index >= 15 is 0 Å². The van der Waals surface area contributed by atoms with Crippen molar-refractivity contribution in [2.45, 2.75) is 19.4 Å². The third-order valence-corrected chi connectivity index (χ3v) is 5.15. The highest BCUT2D eigenvalue weighted by atomic mass is 35.5. The van der Waals surface area contributed by atoms with Crippen molar-refractivity contribution in [1.82, 2.24) is 4.90 Å². The number of halogens is 3. The second-order valence-corrected chi connectivity index (χ2v) is 7.23. The van der Waals surface area contributed by atoms with Crippen LogP contribution < -0.4 is 10.4 Å². The Balaban J connectivity index is 1.76. The number of hydrogen-bond donors (Lipinski definition) is 0. The average Bonchev–Trinajstić information content (AvgIpc) is 2.61. The summed E-state index contributed by atoms with van der Waals surface area (Å²) in [7, 11) is 0. The first-order valence-corrected chi connectivity index (χ1v) is 9.39. The fourth-order valence-corrected chi connectivity index (χ4v) is 3.49. The lowest BCUT2D eigenvalue weighted by Gasteiger charge is -2.33. The van der Waals surface area contributed by atoms with Crippen LogP contribution in [0, 0.1) is 11.6 Å². The van der Waals surface area contributed by atoms with Gasteiger partial charge in [0.1, 0.15) is 11.4 Å². The summed E-state index contributed by atoms with van der Waals surface area (Å²) in [5.74, 6) is -1.70. The number of fused-ring (bicyclic) bond motifs is 1. The molecule has 0 radical (unpaired) electrons. The van der Waals surface area contributed by atoms with Crippen LogP contribution in [0.4, 0.5) is 8.78 Å². The molecule has 8 heteroatoms. The van der Waals surface area contributed by atoms with Crippen LogP contribution in [-0.4, -0.2) is 30.0 Å². The zero-order chi connectivity index (χ0) is 20.7. The number of rotatable bonds is 4. The number of carbonyl (C=O) groups is 1. The van der Waals surface area contributed by atoms with Crippen LogP contribution in [0.1, 0.15) is 13.3 Å². The highest BCUT2D eigenvalue weighted by molar-refractivity contribution is 6.33. The zero-order valence-corrected chi connectivity index (χ0v) is 16.1. The number of ether oxygens (including phenoxy) is 1. The molecule has 0 unspecified atom stereocenters. The molecule has 5 nitrogen and oxygen atoms in total. The molecule has 0 N–H and O–H groups in total. The molecular weight excluding hydrogens is 404 g/mol. The summed E-state index contributed by atoms with van der Waals surface area (Å²) in [6.07, 6.45) is 0.0477. The number of hydrogen-bond acceptors (Lipinski definition) is 4. The molecule has 0 aliphatic carbocycles. The molecule has 29 heavy (non-hydrogen) atoms. The zero-order valence-electron chi connectivity index (χ0n) is 15.4. The van der Waals surface area contributed by atoms with Crippen molar-refractivity contribution in [2.24, 2.45) is 0 Å². The van der Waals surface area contributed by atoms with E-state index in [4.69, 9.17) is 20.8 Å². The third-order valence-electron chi connectivity index (χ3n) is 4.84. The van der Waals surface area contributed by atoms with Gasteiger partial charge in [0.2, 0.25) is 0 Å². The van der Waals surface area contributed by atoms with Gasteiger partial charge in [0.15, 0.2) is 17.7 Å². The SMILES string of the molecule is C[C@@H](Oc1cc2oc(=O)cc(-c3ccc(F)cc3Cl)c2cc1F)C(=O)N1CCC1. The molecule has 1 atom stereocenters. The van der Waals surface area contributed by atoms with E-state index in [9.17, 15) is 18.4 Å². The molecule has 1 fully saturated rings. The Morgan fingerprint density at radius 1 is 1.17 bits per heavy atom. The lowest BCUT2D eigenvalue weighted by molar-refractivity contribution is -0.141. The van der Waals surface area contributed by atoms with Crippen LogP contribution in [0.5, 0.6) is 5.75 Å². The smallest absolute Gasteiger partial charge is 0.336 e. The monoisotopic (exact) mass is 419 g/mol. The van der Waals surface area contributed by atoms with Gasteiger partial charge in [-0.2, -0.15) is 0 Å². The van der Waals surface area contributed by atoms with Crippen molar-refractivity contribution >= 4 is 28.5 Å². The summed E-state index contributed by atoms with van der Waals surface area (Å²) in [6.45, 7) is 2.85. The number of benzene rings is 2. The average molecular weight is 420 g/mol. The van der Waals surface area contributed by atoms with Gasteiger partial charge in [-0.25, -0.2) is 13.6 Å². The molecule has 0 saturated carbocycles. The lowest BCUT2D eigenvalue weighted by Crippen LogP contribution is -2.48. The first-order chi connectivity index (χ1) is 13.8. The van der Waals surface area contributed by atoms with Crippen molar-refractivity contribution in [2.75, 3.05) is 13.1 Å². The molecule has 0 bridgehead atoms. The van der Waals surface area contributed by atoms with Crippen LogP contribution >= 0.6 is 11.6 Å². The van der Waals surface area contributed by atoms with E-state index < -0.39 is 23.4 Å². The van der Waals surface area contributed by atoms with E-state index in [2.05, 4.69) is 0 Å². The van der Waals surface area contributed by atoms with Gasteiger partial charge in [-0.15, -0.1) is 0 Å². The van der Waals surface area contributed by atoms with Gasteiger partial charge in [-0.1, -0.05) is 11.6 Å².